The molecule has 0 aliphatic heterocycles. The number of hydrogen-bond acceptors (Lipinski definition) is 4. The van der Waals surface area contributed by atoms with Crippen LogP contribution in [0.15, 0.2) is 58.3 Å². The molecule has 0 spiro atoms. The van der Waals surface area contributed by atoms with Gasteiger partial charge in [-0.05, 0) is 24.0 Å². The molecule has 0 amide bonds. The fraction of sp³-hybridized carbons (Fsp3) is 0.143. The van der Waals surface area contributed by atoms with Gasteiger partial charge >= 0.3 is 0 Å². The molecule has 0 saturated carbocycles. The van der Waals surface area contributed by atoms with E-state index in [1.165, 1.54) is 5.56 Å². The highest BCUT2D eigenvalue weighted by Gasteiger charge is 2.15. The van der Waals surface area contributed by atoms with Crippen LogP contribution in [0.25, 0.3) is 11.6 Å². The Morgan fingerprint density at radius 2 is 1.95 bits per heavy atom. The average molecular weight is 271 g/mol. The predicted molar refractivity (Wildman–Crippen MR) is 75.0 cm³/mol. The van der Waals surface area contributed by atoms with Crippen molar-refractivity contribution in [3.8, 4) is 11.6 Å². The average Bonchev–Trinajstić information content (AvgIpc) is 3.08. The quantitative estimate of drug-likeness (QED) is 0.683. The lowest BCUT2D eigenvalue weighted by Gasteiger charge is -2.07. The Morgan fingerprint density at radius 1 is 1.11 bits per heavy atom. The molecule has 0 fully saturated rings. The Bertz CT molecular complexity index is 647. The van der Waals surface area contributed by atoms with Crippen molar-refractivity contribution < 1.29 is 4.42 Å². The van der Waals surface area contributed by atoms with E-state index in [2.05, 4.69) is 26.9 Å². The lowest BCUT2D eigenvalue weighted by Crippen LogP contribution is -2.03. The van der Waals surface area contributed by atoms with Crippen molar-refractivity contribution >= 4 is 11.8 Å². The summed E-state index contributed by atoms with van der Waals surface area (Å²) in [4.78, 5) is 0. The van der Waals surface area contributed by atoms with Crippen LogP contribution >= 0.6 is 11.8 Å². The van der Waals surface area contributed by atoms with Crippen LogP contribution in [-0.4, -0.2) is 21.0 Å². The molecule has 3 rings (SSSR count). The second-order valence-corrected chi connectivity index (χ2v) is 4.83. The van der Waals surface area contributed by atoms with Crippen LogP contribution in [0.4, 0.5) is 0 Å². The van der Waals surface area contributed by atoms with E-state index < -0.39 is 0 Å². The monoisotopic (exact) mass is 271 g/mol. The summed E-state index contributed by atoms with van der Waals surface area (Å²) in [6, 6.07) is 14.0. The molecule has 0 bridgehead atoms. The number of thioether (sulfide) groups is 1. The van der Waals surface area contributed by atoms with Crippen LogP contribution in [0.1, 0.15) is 5.56 Å². The topological polar surface area (TPSA) is 43.9 Å². The largest absolute Gasteiger partial charge is 0.461 e. The van der Waals surface area contributed by atoms with Gasteiger partial charge in [-0.1, -0.05) is 42.1 Å². The molecule has 1 aromatic carbocycles. The van der Waals surface area contributed by atoms with Crippen molar-refractivity contribution in [3.05, 3.63) is 54.3 Å². The molecule has 0 unspecified atom stereocenters. The van der Waals surface area contributed by atoms with Crippen LogP contribution in [0.2, 0.25) is 0 Å². The van der Waals surface area contributed by atoms with E-state index in [9.17, 15) is 0 Å². The van der Waals surface area contributed by atoms with Gasteiger partial charge in [0.05, 0.1) is 12.8 Å². The van der Waals surface area contributed by atoms with Gasteiger partial charge in [0.15, 0.2) is 10.9 Å². The number of aromatic nitrogens is 3. The Labute approximate surface area is 115 Å². The Morgan fingerprint density at radius 3 is 2.63 bits per heavy atom. The van der Waals surface area contributed by atoms with E-state index in [0.29, 0.717) is 0 Å². The predicted octanol–water partition coefficient (Wildman–Crippen LogP) is 3.31. The van der Waals surface area contributed by atoms with Gasteiger partial charge in [0.1, 0.15) is 0 Å². The molecular weight excluding hydrogens is 258 g/mol. The maximum absolute atomic E-state index is 5.42. The molecule has 0 aliphatic rings. The fourth-order valence-electron chi connectivity index (χ4n) is 1.94. The maximum Gasteiger partial charge on any atom is 0.200 e. The molecule has 0 aliphatic carbocycles. The molecule has 0 radical (unpaired) electrons. The SMILES string of the molecule is CSc1nnc(-c2ccco2)n1Cc1ccccc1. The standard InChI is InChI=1S/C14H13N3OS/c1-19-14-16-15-13(12-8-5-9-18-12)17(14)10-11-6-3-2-4-7-11/h2-9H,10H2,1H3. The van der Waals surface area contributed by atoms with Gasteiger partial charge < -0.3 is 4.42 Å². The molecule has 5 heteroatoms. The van der Waals surface area contributed by atoms with Gasteiger partial charge in [-0.3, -0.25) is 4.57 Å². The minimum Gasteiger partial charge on any atom is -0.461 e. The lowest BCUT2D eigenvalue weighted by molar-refractivity contribution is 0.569. The van der Waals surface area contributed by atoms with Gasteiger partial charge in [-0.25, -0.2) is 0 Å². The van der Waals surface area contributed by atoms with Crippen molar-refractivity contribution in [2.24, 2.45) is 0 Å². The number of rotatable bonds is 4. The third kappa shape index (κ3) is 2.42. The molecule has 4 nitrogen and oxygen atoms in total. The molecule has 19 heavy (non-hydrogen) atoms. The summed E-state index contributed by atoms with van der Waals surface area (Å²) in [7, 11) is 0. The van der Waals surface area contributed by atoms with Crippen LogP contribution in [0.5, 0.6) is 0 Å². The summed E-state index contributed by atoms with van der Waals surface area (Å²) in [5, 5.41) is 9.31. The molecule has 0 N–H and O–H groups in total. The Balaban J connectivity index is 2.01. The second-order valence-electron chi connectivity index (χ2n) is 4.06. The van der Waals surface area contributed by atoms with Gasteiger partial charge in [0.2, 0.25) is 5.82 Å². The molecule has 2 aromatic heterocycles. The van der Waals surface area contributed by atoms with Gasteiger partial charge in [0.25, 0.3) is 0 Å². The normalized spacial score (nSPS) is 10.8. The van der Waals surface area contributed by atoms with Gasteiger partial charge in [-0.15, -0.1) is 10.2 Å². The first-order chi connectivity index (χ1) is 9.38. The van der Waals surface area contributed by atoms with E-state index in [-0.39, 0.29) is 0 Å². The number of hydrogen-bond donors (Lipinski definition) is 0. The highest BCUT2D eigenvalue weighted by Crippen LogP contribution is 2.24. The smallest absolute Gasteiger partial charge is 0.200 e. The summed E-state index contributed by atoms with van der Waals surface area (Å²) in [5.41, 5.74) is 1.21. The lowest BCUT2D eigenvalue weighted by atomic mass is 10.2. The number of benzene rings is 1. The zero-order valence-electron chi connectivity index (χ0n) is 10.5. The third-order valence-electron chi connectivity index (χ3n) is 2.82. The van der Waals surface area contributed by atoms with Crippen molar-refractivity contribution in [2.75, 3.05) is 6.26 Å². The molecule has 2 heterocycles. The first-order valence-corrected chi connectivity index (χ1v) is 7.16. The molecule has 96 valence electrons. The number of furan rings is 1. The van der Waals surface area contributed by atoms with E-state index in [1.54, 1.807) is 18.0 Å². The van der Waals surface area contributed by atoms with Crippen LogP contribution in [-0.2, 0) is 6.54 Å². The van der Waals surface area contributed by atoms with Gasteiger partial charge in [-0.2, -0.15) is 0 Å². The first kappa shape index (κ1) is 12.0. The summed E-state index contributed by atoms with van der Waals surface area (Å²) < 4.78 is 7.49. The Hall–Kier alpha value is -2.01. The summed E-state index contributed by atoms with van der Waals surface area (Å²) in [6.07, 6.45) is 3.65. The van der Waals surface area contributed by atoms with Crippen molar-refractivity contribution in [3.63, 3.8) is 0 Å². The number of nitrogens with zero attached hydrogens (tertiary/aromatic N) is 3. The highest BCUT2D eigenvalue weighted by atomic mass is 32.2. The van der Waals surface area contributed by atoms with Crippen LogP contribution in [0.3, 0.4) is 0 Å². The summed E-state index contributed by atoms with van der Waals surface area (Å²) in [5.74, 6) is 1.50. The fourth-order valence-corrected chi connectivity index (χ4v) is 2.43. The van der Waals surface area contributed by atoms with Crippen molar-refractivity contribution in [1.82, 2.24) is 14.8 Å². The van der Waals surface area contributed by atoms with E-state index in [1.807, 2.05) is 36.6 Å². The molecule has 0 saturated heterocycles. The van der Waals surface area contributed by atoms with E-state index in [0.717, 1.165) is 23.3 Å². The molecule has 0 atom stereocenters. The van der Waals surface area contributed by atoms with Crippen molar-refractivity contribution in [1.29, 1.82) is 0 Å². The minimum absolute atomic E-state index is 0.736. The summed E-state index contributed by atoms with van der Waals surface area (Å²) >= 11 is 1.58. The third-order valence-corrected chi connectivity index (χ3v) is 3.49. The van der Waals surface area contributed by atoms with Crippen LogP contribution < -0.4 is 0 Å². The maximum atomic E-state index is 5.42. The molecular formula is C14H13N3OS. The van der Waals surface area contributed by atoms with Crippen LogP contribution in [0, 0.1) is 0 Å². The first-order valence-electron chi connectivity index (χ1n) is 5.93. The summed E-state index contributed by atoms with van der Waals surface area (Å²) in [6.45, 7) is 0.736. The van der Waals surface area contributed by atoms with E-state index >= 15 is 0 Å². The zero-order chi connectivity index (χ0) is 13.1. The zero-order valence-corrected chi connectivity index (χ0v) is 11.3. The second kappa shape index (κ2) is 5.32. The highest BCUT2D eigenvalue weighted by molar-refractivity contribution is 7.98. The van der Waals surface area contributed by atoms with E-state index in [4.69, 9.17) is 4.42 Å². The molecule has 3 aromatic rings. The van der Waals surface area contributed by atoms with Gasteiger partial charge in [0, 0.05) is 0 Å². The Kier molecular flexibility index (Phi) is 3.37. The van der Waals surface area contributed by atoms with Crippen molar-refractivity contribution in [2.45, 2.75) is 11.7 Å². The minimum atomic E-state index is 0.736.